The maximum absolute atomic E-state index is 14.3. The fourth-order valence-electron chi connectivity index (χ4n) is 4.86. The van der Waals surface area contributed by atoms with Crippen molar-refractivity contribution in [3.63, 3.8) is 0 Å². The molecule has 1 aliphatic heterocycles. The minimum absolute atomic E-state index is 0.0709. The standard InChI is InChI=1S/C26H28F2N2O2/c27-21-9-3-8-20(16-21)19-7-1-4-17(14-19)15-23-22(29-25(32)26(28)11-12-26)10-13-30(23)24(31)18-5-2-6-18/h1,3-4,7-9,14,16,18,22-23H,2,5-6,10-13,15H2,(H,29,32)/t22-,23-/m1/s1. The van der Waals surface area contributed by atoms with Gasteiger partial charge in [0.05, 0.1) is 12.1 Å². The van der Waals surface area contributed by atoms with Crippen molar-refractivity contribution in [1.82, 2.24) is 10.2 Å². The SMILES string of the molecule is O=C(C1CCC1)N1CC[C@@H](NC(=O)C2(F)CC2)[C@H]1Cc1cccc(-c2cccc(F)c2)c1. The third kappa shape index (κ3) is 4.15. The van der Waals surface area contributed by atoms with Gasteiger partial charge in [0, 0.05) is 12.5 Å². The quantitative estimate of drug-likeness (QED) is 0.726. The molecule has 0 spiro atoms. The lowest BCUT2D eigenvalue weighted by molar-refractivity contribution is -0.139. The van der Waals surface area contributed by atoms with Gasteiger partial charge >= 0.3 is 0 Å². The van der Waals surface area contributed by atoms with E-state index in [2.05, 4.69) is 5.32 Å². The normalized spacial score (nSPS) is 24.1. The average Bonchev–Trinajstić information content (AvgIpc) is 3.38. The van der Waals surface area contributed by atoms with Crippen molar-refractivity contribution >= 4 is 11.8 Å². The Morgan fingerprint density at radius 1 is 1.03 bits per heavy atom. The molecule has 2 aromatic carbocycles. The summed E-state index contributed by atoms with van der Waals surface area (Å²) >= 11 is 0. The molecule has 2 saturated carbocycles. The first-order valence-electron chi connectivity index (χ1n) is 11.6. The average molecular weight is 439 g/mol. The van der Waals surface area contributed by atoms with E-state index in [1.807, 2.05) is 35.2 Å². The molecule has 3 fully saturated rings. The lowest BCUT2D eigenvalue weighted by Gasteiger charge is -2.34. The highest BCUT2D eigenvalue weighted by Crippen LogP contribution is 2.40. The maximum Gasteiger partial charge on any atom is 0.257 e. The van der Waals surface area contributed by atoms with Crippen LogP contribution in [0.2, 0.25) is 0 Å². The summed E-state index contributed by atoms with van der Waals surface area (Å²) < 4.78 is 28.0. The minimum atomic E-state index is -1.73. The van der Waals surface area contributed by atoms with Gasteiger partial charge in [-0.2, -0.15) is 0 Å². The number of likely N-dealkylation sites (tertiary alicyclic amines) is 1. The van der Waals surface area contributed by atoms with E-state index < -0.39 is 11.6 Å². The summed E-state index contributed by atoms with van der Waals surface area (Å²) in [4.78, 5) is 27.4. The monoisotopic (exact) mass is 438 g/mol. The first kappa shape index (κ1) is 21.1. The molecule has 3 aliphatic rings. The van der Waals surface area contributed by atoms with Crippen LogP contribution in [0.15, 0.2) is 48.5 Å². The molecule has 0 unspecified atom stereocenters. The van der Waals surface area contributed by atoms with Crippen LogP contribution in [0.5, 0.6) is 0 Å². The molecule has 1 N–H and O–H groups in total. The van der Waals surface area contributed by atoms with Crippen molar-refractivity contribution in [2.75, 3.05) is 6.54 Å². The zero-order chi connectivity index (χ0) is 22.3. The van der Waals surface area contributed by atoms with Crippen LogP contribution in [0.1, 0.15) is 44.1 Å². The highest BCUT2D eigenvalue weighted by molar-refractivity contribution is 5.88. The fraction of sp³-hybridized carbons (Fsp3) is 0.462. The second kappa shape index (κ2) is 8.30. The number of hydrogen-bond donors (Lipinski definition) is 1. The molecular weight excluding hydrogens is 410 g/mol. The summed E-state index contributed by atoms with van der Waals surface area (Å²) in [5, 5.41) is 2.91. The molecule has 2 aliphatic carbocycles. The molecule has 2 amide bonds. The molecule has 6 heteroatoms. The van der Waals surface area contributed by atoms with Crippen molar-refractivity contribution in [3.05, 3.63) is 59.9 Å². The molecule has 32 heavy (non-hydrogen) atoms. The Kier molecular flexibility index (Phi) is 5.48. The number of nitrogens with zero attached hydrogens (tertiary/aromatic N) is 1. The van der Waals surface area contributed by atoms with Crippen LogP contribution in [0.4, 0.5) is 8.78 Å². The van der Waals surface area contributed by atoms with Gasteiger partial charge in [-0.15, -0.1) is 0 Å². The lowest BCUT2D eigenvalue weighted by Crippen LogP contribution is -2.51. The van der Waals surface area contributed by atoms with Gasteiger partial charge in [0.15, 0.2) is 5.67 Å². The Morgan fingerprint density at radius 3 is 2.41 bits per heavy atom. The van der Waals surface area contributed by atoms with E-state index in [0.29, 0.717) is 19.4 Å². The van der Waals surface area contributed by atoms with E-state index in [0.717, 1.165) is 36.0 Å². The Hall–Kier alpha value is -2.76. The fourth-order valence-corrected chi connectivity index (χ4v) is 4.86. The van der Waals surface area contributed by atoms with Crippen LogP contribution in [-0.2, 0) is 16.0 Å². The van der Waals surface area contributed by atoms with Gasteiger partial charge in [-0.05, 0) is 67.3 Å². The number of amides is 2. The number of benzene rings is 2. The number of carbonyl (C=O) groups excluding carboxylic acids is 2. The predicted octanol–water partition coefficient (Wildman–Crippen LogP) is 4.42. The van der Waals surface area contributed by atoms with Gasteiger partial charge in [0.2, 0.25) is 5.91 Å². The predicted molar refractivity (Wildman–Crippen MR) is 118 cm³/mol. The third-order valence-electron chi connectivity index (χ3n) is 7.23. The first-order chi connectivity index (χ1) is 15.4. The summed E-state index contributed by atoms with van der Waals surface area (Å²) in [5.41, 5.74) is 0.968. The van der Waals surface area contributed by atoms with E-state index >= 15 is 0 Å². The van der Waals surface area contributed by atoms with Gasteiger partial charge in [0.1, 0.15) is 5.82 Å². The molecule has 168 valence electrons. The van der Waals surface area contributed by atoms with Crippen LogP contribution in [0.25, 0.3) is 11.1 Å². The molecule has 1 saturated heterocycles. The van der Waals surface area contributed by atoms with Crippen molar-refractivity contribution in [2.24, 2.45) is 5.92 Å². The van der Waals surface area contributed by atoms with Gasteiger partial charge in [-0.3, -0.25) is 9.59 Å². The van der Waals surface area contributed by atoms with E-state index in [9.17, 15) is 18.4 Å². The first-order valence-corrected chi connectivity index (χ1v) is 11.6. The molecule has 0 bridgehead atoms. The van der Waals surface area contributed by atoms with Crippen LogP contribution in [0, 0.1) is 11.7 Å². The minimum Gasteiger partial charge on any atom is -0.348 e. The Bertz CT molecular complexity index is 1030. The van der Waals surface area contributed by atoms with E-state index in [1.54, 1.807) is 6.07 Å². The highest BCUT2D eigenvalue weighted by Gasteiger charge is 2.52. The lowest BCUT2D eigenvalue weighted by atomic mass is 9.84. The molecule has 1 heterocycles. The summed E-state index contributed by atoms with van der Waals surface area (Å²) in [6.45, 7) is 0.577. The van der Waals surface area contributed by atoms with E-state index in [4.69, 9.17) is 0 Å². The maximum atomic E-state index is 14.3. The molecule has 0 aromatic heterocycles. The molecular formula is C26H28F2N2O2. The number of halogens is 2. The zero-order valence-corrected chi connectivity index (χ0v) is 18.0. The second-order valence-corrected chi connectivity index (χ2v) is 9.48. The van der Waals surface area contributed by atoms with E-state index in [1.165, 1.54) is 12.1 Å². The van der Waals surface area contributed by atoms with Crippen molar-refractivity contribution in [1.29, 1.82) is 0 Å². The second-order valence-electron chi connectivity index (χ2n) is 9.48. The summed E-state index contributed by atoms with van der Waals surface area (Å²) in [6.07, 6.45) is 4.66. The number of nitrogens with one attached hydrogen (secondary N) is 1. The van der Waals surface area contributed by atoms with Crippen LogP contribution >= 0.6 is 0 Å². The molecule has 5 rings (SSSR count). The van der Waals surface area contributed by atoms with Crippen LogP contribution < -0.4 is 5.32 Å². The van der Waals surface area contributed by atoms with Gasteiger partial charge < -0.3 is 10.2 Å². The largest absolute Gasteiger partial charge is 0.348 e. The van der Waals surface area contributed by atoms with Gasteiger partial charge in [0.25, 0.3) is 5.91 Å². The van der Waals surface area contributed by atoms with Crippen molar-refractivity contribution in [2.45, 2.75) is 62.7 Å². The van der Waals surface area contributed by atoms with Crippen LogP contribution in [-0.4, -0.2) is 41.0 Å². The van der Waals surface area contributed by atoms with E-state index in [-0.39, 0.29) is 42.6 Å². The Labute approximate surface area is 187 Å². The topological polar surface area (TPSA) is 49.4 Å². The number of alkyl halides is 1. The molecule has 4 nitrogen and oxygen atoms in total. The molecule has 2 atom stereocenters. The number of hydrogen-bond acceptors (Lipinski definition) is 2. The summed E-state index contributed by atoms with van der Waals surface area (Å²) in [6, 6.07) is 13.8. The number of rotatable bonds is 6. The molecule has 0 radical (unpaired) electrons. The molecule has 2 aromatic rings. The smallest absolute Gasteiger partial charge is 0.257 e. The highest BCUT2D eigenvalue weighted by atomic mass is 19.1. The van der Waals surface area contributed by atoms with Gasteiger partial charge in [-0.25, -0.2) is 8.78 Å². The summed E-state index contributed by atoms with van der Waals surface area (Å²) in [5.74, 6) is -0.606. The zero-order valence-electron chi connectivity index (χ0n) is 18.0. The van der Waals surface area contributed by atoms with Crippen molar-refractivity contribution < 1.29 is 18.4 Å². The third-order valence-corrected chi connectivity index (χ3v) is 7.23. The Balaban J connectivity index is 1.38. The number of carbonyl (C=O) groups is 2. The summed E-state index contributed by atoms with van der Waals surface area (Å²) in [7, 11) is 0. The van der Waals surface area contributed by atoms with Gasteiger partial charge in [-0.1, -0.05) is 42.8 Å². The van der Waals surface area contributed by atoms with Crippen LogP contribution in [0.3, 0.4) is 0 Å². The Morgan fingerprint density at radius 2 is 1.75 bits per heavy atom. The van der Waals surface area contributed by atoms with Crippen molar-refractivity contribution in [3.8, 4) is 11.1 Å².